The number of carboxylic acid groups (broad SMARTS) is 1. The molecule has 0 bridgehead atoms. The van der Waals surface area contributed by atoms with E-state index in [1.54, 1.807) is 4.68 Å². The normalized spacial score (nSPS) is 18.4. The first-order chi connectivity index (χ1) is 15.5. The Balaban J connectivity index is 1.44. The van der Waals surface area contributed by atoms with Crippen LogP contribution in [-0.4, -0.2) is 37.2 Å². The lowest BCUT2D eigenvalue weighted by atomic mass is 9.87. The molecule has 8 heteroatoms. The van der Waals surface area contributed by atoms with Gasteiger partial charge >= 0.3 is 5.97 Å². The van der Waals surface area contributed by atoms with Gasteiger partial charge in [-0.15, -0.1) is 5.10 Å². The Kier molecular flexibility index (Phi) is 6.80. The van der Waals surface area contributed by atoms with E-state index in [4.69, 9.17) is 14.5 Å². The van der Waals surface area contributed by atoms with Gasteiger partial charge in [-0.3, -0.25) is 4.79 Å². The quantitative estimate of drug-likeness (QED) is 0.571. The number of carbonyl (C=O) groups is 1. The number of aliphatic carboxylic acids is 1. The lowest BCUT2D eigenvalue weighted by Crippen LogP contribution is -2.29. The molecule has 1 saturated carbocycles. The summed E-state index contributed by atoms with van der Waals surface area (Å²) in [5.74, 6) is -0.400. The summed E-state index contributed by atoms with van der Waals surface area (Å²) < 4.78 is 13.7. The highest BCUT2D eigenvalue weighted by Gasteiger charge is 2.28. The van der Waals surface area contributed by atoms with Gasteiger partial charge in [0, 0.05) is 7.05 Å². The van der Waals surface area contributed by atoms with Crippen molar-refractivity contribution >= 4 is 5.97 Å². The fourth-order valence-corrected chi connectivity index (χ4v) is 4.04. The van der Waals surface area contributed by atoms with Gasteiger partial charge in [0.2, 0.25) is 0 Å². The van der Waals surface area contributed by atoms with Gasteiger partial charge in [0.1, 0.15) is 11.4 Å². The van der Waals surface area contributed by atoms with Crippen LogP contribution in [0.3, 0.4) is 0 Å². The van der Waals surface area contributed by atoms with Crippen molar-refractivity contribution in [1.82, 2.24) is 20.0 Å². The van der Waals surface area contributed by atoms with Crippen LogP contribution >= 0.6 is 0 Å². The largest absolute Gasteiger partial charge is 0.489 e. The van der Waals surface area contributed by atoms with Crippen molar-refractivity contribution in [3.05, 3.63) is 59.4 Å². The number of rotatable bonds is 8. The van der Waals surface area contributed by atoms with Crippen molar-refractivity contribution in [2.24, 2.45) is 13.0 Å². The molecule has 0 aliphatic heterocycles. The maximum Gasteiger partial charge on any atom is 0.306 e. The predicted molar refractivity (Wildman–Crippen MR) is 118 cm³/mol. The molecule has 2 atom stereocenters. The Morgan fingerprint density at radius 3 is 2.72 bits per heavy atom. The van der Waals surface area contributed by atoms with E-state index in [1.807, 2.05) is 56.4 Å². The van der Waals surface area contributed by atoms with Crippen LogP contribution in [-0.2, 0) is 29.8 Å². The summed E-state index contributed by atoms with van der Waals surface area (Å²) >= 11 is 0. The lowest BCUT2D eigenvalue weighted by Gasteiger charge is -2.27. The third-order valence-corrected chi connectivity index (χ3v) is 5.84. The van der Waals surface area contributed by atoms with Crippen LogP contribution in [0.1, 0.15) is 42.6 Å². The summed E-state index contributed by atoms with van der Waals surface area (Å²) in [6.45, 7) is 2.76. The molecule has 2 aromatic heterocycles. The molecular formula is C24H28N4O4. The second-order valence-corrected chi connectivity index (χ2v) is 8.21. The number of hydrogen-bond acceptors (Lipinski definition) is 6. The average molecular weight is 437 g/mol. The molecule has 0 saturated heterocycles. The standard InChI is InChI=1S/C24H28N4O4/c1-16-22(32-19-10-6-9-18(13-19)24(29)30)12-11-20(25-16)23-21(28(2)27-26-23)15-31-14-17-7-4-3-5-8-17/h3-5,7-8,11-12,18-19H,6,9-10,13-15H2,1-2H3,(H,29,30). The molecule has 1 aliphatic carbocycles. The molecular weight excluding hydrogens is 408 g/mol. The zero-order chi connectivity index (χ0) is 22.5. The molecule has 0 radical (unpaired) electrons. The van der Waals surface area contributed by atoms with E-state index in [0.717, 1.165) is 29.8 Å². The van der Waals surface area contributed by atoms with Crippen molar-refractivity contribution in [2.45, 2.75) is 51.9 Å². The second-order valence-electron chi connectivity index (χ2n) is 8.21. The SMILES string of the molecule is Cc1nc(-c2nnn(C)c2COCc2ccccc2)ccc1OC1CCCC(C(=O)O)C1. The molecule has 32 heavy (non-hydrogen) atoms. The third-order valence-electron chi connectivity index (χ3n) is 5.84. The second kappa shape index (κ2) is 9.91. The number of carboxylic acids is 1. The zero-order valence-electron chi connectivity index (χ0n) is 18.4. The first-order valence-electron chi connectivity index (χ1n) is 10.9. The van der Waals surface area contributed by atoms with Gasteiger partial charge in [0.05, 0.1) is 42.3 Å². The highest BCUT2D eigenvalue weighted by molar-refractivity contribution is 5.70. The average Bonchev–Trinajstić information content (AvgIpc) is 3.16. The lowest BCUT2D eigenvalue weighted by molar-refractivity contribution is -0.143. The summed E-state index contributed by atoms with van der Waals surface area (Å²) in [4.78, 5) is 16.0. The Bertz CT molecular complexity index is 1070. The van der Waals surface area contributed by atoms with Gasteiger partial charge in [0.15, 0.2) is 0 Å². The van der Waals surface area contributed by atoms with Crippen LogP contribution in [0.25, 0.3) is 11.4 Å². The third kappa shape index (κ3) is 5.13. The molecule has 168 valence electrons. The van der Waals surface area contributed by atoms with Crippen LogP contribution in [0.15, 0.2) is 42.5 Å². The molecule has 4 rings (SSSR count). The van der Waals surface area contributed by atoms with Gasteiger partial charge in [-0.25, -0.2) is 9.67 Å². The number of ether oxygens (including phenoxy) is 2. The molecule has 0 amide bonds. The van der Waals surface area contributed by atoms with E-state index in [0.29, 0.717) is 43.2 Å². The Morgan fingerprint density at radius 2 is 1.97 bits per heavy atom. The molecule has 1 aromatic carbocycles. The monoisotopic (exact) mass is 436 g/mol. The highest BCUT2D eigenvalue weighted by atomic mass is 16.5. The number of nitrogens with zero attached hydrogens (tertiary/aromatic N) is 4. The minimum Gasteiger partial charge on any atom is -0.489 e. The first-order valence-corrected chi connectivity index (χ1v) is 10.9. The number of aryl methyl sites for hydroxylation is 2. The van der Waals surface area contributed by atoms with Crippen LogP contribution in [0.2, 0.25) is 0 Å². The van der Waals surface area contributed by atoms with Gasteiger partial charge in [0.25, 0.3) is 0 Å². The fourth-order valence-electron chi connectivity index (χ4n) is 4.04. The molecule has 8 nitrogen and oxygen atoms in total. The molecule has 2 unspecified atom stereocenters. The fraction of sp³-hybridized carbons (Fsp3) is 0.417. The van der Waals surface area contributed by atoms with Crippen molar-refractivity contribution in [1.29, 1.82) is 0 Å². The Hall–Kier alpha value is -3.26. The first kappa shape index (κ1) is 22.0. The number of benzene rings is 1. The van der Waals surface area contributed by atoms with Crippen LogP contribution in [0.5, 0.6) is 5.75 Å². The van der Waals surface area contributed by atoms with E-state index in [-0.39, 0.29) is 12.0 Å². The van der Waals surface area contributed by atoms with Crippen molar-refractivity contribution in [3.63, 3.8) is 0 Å². The Morgan fingerprint density at radius 1 is 1.16 bits per heavy atom. The van der Waals surface area contributed by atoms with E-state index >= 15 is 0 Å². The smallest absolute Gasteiger partial charge is 0.306 e. The number of hydrogen-bond donors (Lipinski definition) is 1. The van der Waals surface area contributed by atoms with Crippen LogP contribution in [0, 0.1) is 12.8 Å². The summed E-state index contributed by atoms with van der Waals surface area (Å²) in [5.41, 5.74) is 4.07. The molecule has 1 fully saturated rings. The van der Waals surface area contributed by atoms with Crippen molar-refractivity contribution < 1.29 is 19.4 Å². The molecule has 2 heterocycles. The van der Waals surface area contributed by atoms with Gasteiger partial charge < -0.3 is 14.6 Å². The molecule has 0 spiro atoms. The summed E-state index contributed by atoms with van der Waals surface area (Å²) in [7, 11) is 1.84. The number of pyridine rings is 1. The molecule has 1 aliphatic rings. The van der Waals surface area contributed by atoms with Gasteiger partial charge in [-0.05, 0) is 50.3 Å². The van der Waals surface area contributed by atoms with Crippen molar-refractivity contribution in [2.75, 3.05) is 0 Å². The zero-order valence-corrected chi connectivity index (χ0v) is 18.4. The highest BCUT2D eigenvalue weighted by Crippen LogP contribution is 2.30. The topological polar surface area (TPSA) is 99.4 Å². The van der Waals surface area contributed by atoms with E-state index in [9.17, 15) is 9.90 Å². The minimum absolute atomic E-state index is 0.102. The van der Waals surface area contributed by atoms with Crippen LogP contribution < -0.4 is 4.74 Å². The number of aromatic nitrogens is 4. The summed E-state index contributed by atoms with van der Waals surface area (Å²) in [6, 6.07) is 13.7. The van der Waals surface area contributed by atoms with E-state index in [2.05, 4.69) is 10.3 Å². The predicted octanol–water partition coefficient (Wildman–Crippen LogP) is 3.92. The Labute approximate surface area is 187 Å². The molecule has 3 aromatic rings. The maximum absolute atomic E-state index is 11.3. The van der Waals surface area contributed by atoms with Gasteiger partial charge in [-0.2, -0.15) is 0 Å². The summed E-state index contributed by atoms with van der Waals surface area (Å²) in [5, 5.41) is 17.7. The minimum atomic E-state index is -0.742. The van der Waals surface area contributed by atoms with Gasteiger partial charge in [-0.1, -0.05) is 35.5 Å². The van der Waals surface area contributed by atoms with E-state index in [1.165, 1.54) is 0 Å². The van der Waals surface area contributed by atoms with E-state index < -0.39 is 5.97 Å². The summed E-state index contributed by atoms with van der Waals surface area (Å²) in [6.07, 6.45) is 2.86. The maximum atomic E-state index is 11.3. The van der Waals surface area contributed by atoms with Crippen molar-refractivity contribution in [3.8, 4) is 17.1 Å². The molecule has 1 N–H and O–H groups in total. The van der Waals surface area contributed by atoms with Crippen LogP contribution in [0.4, 0.5) is 0 Å².